The van der Waals surface area contributed by atoms with Crippen LogP contribution >= 0.6 is 11.3 Å². The number of nitrogens with zero attached hydrogens (tertiary/aromatic N) is 2. The summed E-state index contributed by atoms with van der Waals surface area (Å²) in [5.41, 5.74) is 5.96. The van der Waals surface area contributed by atoms with E-state index in [4.69, 9.17) is 4.74 Å². The van der Waals surface area contributed by atoms with Gasteiger partial charge >= 0.3 is 5.97 Å². The maximum Gasteiger partial charge on any atom is 0.348 e. The number of aryl methyl sites for hydroxylation is 2. The zero-order valence-corrected chi connectivity index (χ0v) is 15.2. The lowest BCUT2D eigenvalue weighted by molar-refractivity contribution is 0.0531. The molecule has 1 aliphatic carbocycles. The van der Waals surface area contributed by atoms with Crippen LogP contribution in [-0.2, 0) is 24.1 Å². The van der Waals surface area contributed by atoms with E-state index in [9.17, 15) is 4.79 Å². The van der Waals surface area contributed by atoms with Crippen LogP contribution in [0, 0.1) is 6.92 Å². The highest BCUT2D eigenvalue weighted by atomic mass is 32.1. The molecule has 0 amide bonds. The second-order valence-electron chi connectivity index (χ2n) is 6.22. The Morgan fingerprint density at radius 3 is 2.84 bits per heavy atom. The number of carbonyl (C=O) groups excluding carboxylic acids is 1. The molecule has 0 fully saturated rings. The zero-order valence-electron chi connectivity index (χ0n) is 14.4. The van der Waals surface area contributed by atoms with Gasteiger partial charge < -0.3 is 4.74 Å². The minimum atomic E-state index is -0.200. The van der Waals surface area contributed by atoms with Gasteiger partial charge in [-0.15, -0.1) is 11.3 Å². The van der Waals surface area contributed by atoms with E-state index in [0.717, 1.165) is 40.4 Å². The molecule has 0 spiro atoms. The summed E-state index contributed by atoms with van der Waals surface area (Å²) in [4.78, 5) is 14.2. The SMILES string of the molecule is CCOC(=O)c1sc(C)c2c1CCc1cnn(Cc3ccccc3)c1-2. The van der Waals surface area contributed by atoms with Crippen molar-refractivity contribution in [1.29, 1.82) is 0 Å². The molecule has 0 unspecified atom stereocenters. The largest absolute Gasteiger partial charge is 0.462 e. The molecule has 25 heavy (non-hydrogen) atoms. The number of rotatable bonds is 4. The van der Waals surface area contributed by atoms with E-state index in [0.29, 0.717) is 6.61 Å². The molecule has 2 aromatic heterocycles. The Bertz CT molecular complexity index is 925. The number of carbonyl (C=O) groups is 1. The van der Waals surface area contributed by atoms with Crippen molar-refractivity contribution < 1.29 is 9.53 Å². The van der Waals surface area contributed by atoms with E-state index in [-0.39, 0.29) is 5.97 Å². The Balaban J connectivity index is 1.79. The fraction of sp³-hybridized carbons (Fsp3) is 0.300. The maximum atomic E-state index is 12.3. The molecule has 5 heteroatoms. The van der Waals surface area contributed by atoms with Crippen LogP contribution in [0.25, 0.3) is 11.3 Å². The number of ether oxygens (including phenoxy) is 1. The number of benzene rings is 1. The highest BCUT2D eigenvalue weighted by Gasteiger charge is 2.29. The van der Waals surface area contributed by atoms with Gasteiger partial charge in [0.15, 0.2) is 0 Å². The summed E-state index contributed by atoms with van der Waals surface area (Å²) in [7, 11) is 0. The average molecular weight is 352 g/mol. The van der Waals surface area contributed by atoms with Gasteiger partial charge in [-0.05, 0) is 43.4 Å². The van der Waals surface area contributed by atoms with Gasteiger partial charge in [-0.2, -0.15) is 5.10 Å². The molecule has 0 N–H and O–H groups in total. The molecule has 0 saturated carbocycles. The molecular formula is C20H20N2O2S. The molecule has 0 radical (unpaired) electrons. The standard InChI is InChI=1S/C20H20N2O2S/c1-3-24-20(23)19-16-10-9-15-11-21-22(12-14-7-5-4-6-8-14)18(15)17(16)13(2)25-19/h4-8,11H,3,9-10,12H2,1-2H3. The first kappa shape index (κ1) is 16.1. The normalized spacial score (nSPS) is 12.6. The van der Waals surface area contributed by atoms with Crippen molar-refractivity contribution in [2.24, 2.45) is 0 Å². The molecule has 128 valence electrons. The van der Waals surface area contributed by atoms with Crippen LogP contribution < -0.4 is 0 Å². The summed E-state index contributed by atoms with van der Waals surface area (Å²) < 4.78 is 7.32. The van der Waals surface area contributed by atoms with E-state index < -0.39 is 0 Å². The van der Waals surface area contributed by atoms with E-state index in [2.05, 4.69) is 28.8 Å². The molecule has 4 rings (SSSR count). The van der Waals surface area contributed by atoms with Gasteiger partial charge in [0.2, 0.25) is 0 Å². The molecule has 0 atom stereocenters. The average Bonchev–Trinajstić information content (AvgIpc) is 3.17. The minimum absolute atomic E-state index is 0.200. The summed E-state index contributed by atoms with van der Waals surface area (Å²) in [5.74, 6) is -0.200. The molecule has 0 saturated heterocycles. The van der Waals surface area contributed by atoms with Crippen LogP contribution in [0.15, 0.2) is 36.5 Å². The van der Waals surface area contributed by atoms with Crippen molar-refractivity contribution in [3.05, 3.63) is 63.0 Å². The summed E-state index contributed by atoms with van der Waals surface area (Å²) in [5, 5.41) is 4.63. The summed E-state index contributed by atoms with van der Waals surface area (Å²) in [6.45, 7) is 5.07. The maximum absolute atomic E-state index is 12.3. The summed E-state index contributed by atoms with van der Waals surface area (Å²) in [6, 6.07) is 10.3. The minimum Gasteiger partial charge on any atom is -0.462 e. The van der Waals surface area contributed by atoms with Crippen LogP contribution in [-0.4, -0.2) is 22.4 Å². The number of aromatic nitrogens is 2. The fourth-order valence-corrected chi connectivity index (χ4v) is 4.63. The van der Waals surface area contributed by atoms with Crippen LogP contribution in [0.4, 0.5) is 0 Å². The van der Waals surface area contributed by atoms with Crippen molar-refractivity contribution in [3.63, 3.8) is 0 Å². The number of hydrogen-bond acceptors (Lipinski definition) is 4. The third kappa shape index (κ3) is 2.78. The number of fused-ring (bicyclic) bond motifs is 3. The Kier molecular flexibility index (Phi) is 4.17. The summed E-state index contributed by atoms with van der Waals surface area (Å²) in [6.07, 6.45) is 3.76. The van der Waals surface area contributed by atoms with Gasteiger partial charge in [0.1, 0.15) is 4.88 Å². The van der Waals surface area contributed by atoms with E-state index >= 15 is 0 Å². The van der Waals surface area contributed by atoms with E-state index in [1.165, 1.54) is 16.7 Å². The van der Waals surface area contributed by atoms with Crippen LogP contribution in [0.2, 0.25) is 0 Å². The molecule has 1 aliphatic rings. The predicted molar refractivity (Wildman–Crippen MR) is 99.2 cm³/mol. The van der Waals surface area contributed by atoms with Crippen LogP contribution in [0.5, 0.6) is 0 Å². The van der Waals surface area contributed by atoms with Gasteiger partial charge in [0.05, 0.1) is 25.0 Å². The fourth-order valence-electron chi connectivity index (χ4n) is 3.53. The van der Waals surface area contributed by atoms with Crippen molar-refractivity contribution >= 4 is 17.3 Å². The van der Waals surface area contributed by atoms with Crippen LogP contribution in [0.3, 0.4) is 0 Å². The second-order valence-corrected chi connectivity index (χ2v) is 7.45. The zero-order chi connectivity index (χ0) is 17.4. The molecular weight excluding hydrogens is 332 g/mol. The lowest BCUT2D eigenvalue weighted by atomic mass is 9.90. The first-order chi connectivity index (χ1) is 12.2. The first-order valence-corrected chi connectivity index (χ1v) is 9.39. The van der Waals surface area contributed by atoms with Gasteiger partial charge in [0, 0.05) is 10.4 Å². The van der Waals surface area contributed by atoms with E-state index in [1.807, 2.05) is 31.3 Å². The lowest BCUT2D eigenvalue weighted by Gasteiger charge is -2.17. The second kappa shape index (κ2) is 6.48. The van der Waals surface area contributed by atoms with Crippen LogP contribution in [0.1, 0.15) is 38.2 Å². The molecule has 4 nitrogen and oxygen atoms in total. The molecule has 3 aromatic rings. The van der Waals surface area contributed by atoms with Crippen molar-refractivity contribution in [2.75, 3.05) is 6.61 Å². The third-order valence-corrected chi connectivity index (χ3v) is 5.74. The molecule has 0 bridgehead atoms. The quantitative estimate of drug-likeness (QED) is 0.660. The third-order valence-electron chi connectivity index (χ3n) is 4.62. The Labute approximate surface area is 151 Å². The highest BCUT2D eigenvalue weighted by molar-refractivity contribution is 7.14. The Hall–Kier alpha value is -2.40. The van der Waals surface area contributed by atoms with Gasteiger partial charge in [0.25, 0.3) is 0 Å². The Morgan fingerprint density at radius 1 is 1.28 bits per heavy atom. The van der Waals surface area contributed by atoms with Crippen molar-refractivity contribution in [3.8, 4) is 11.3 Å². The number of hydrogen-bond donors (Lipinski definition) is 0. The molecule has 1 aromatic carbocycles. The van der Waals surface area contributed by atoms with Crippen molar-refractivity contribution in [1.82, 2.24) is 9.78 Å². The summed E-state index contributed by atoms with van der Waals surface area (Å²) >= 11 is 1.54. The highest BCUT2D eigenvalue weighted by Crippen LogP contribution is 2.42. The lowest BCUT2D eigenvalue weighted by Crippen LogP contribution is -2.11. The topological polar surface area (TPSA) is 44.1 Å². The van der Waals surface area contributed by atoms with Gasteiger partial charge in [-0.25, -0.2) is 4.79 Å². The molecule has 2 heterocycles. The number of thiophene rings is 1. The van der Waals surface area contributed by atoms with E-state index in [1.54, 1.807) is 11.3 Å². The smallest absolute Gasteiger partial charge is 0.348 e. The monoisotopic (exact) mass is 352 g/mol. The van der Waals surface area contributed by atoms with Gasteiger partial charge in [-0.1, -0.05) is 30.3 Å². The predicted octanol–water partition coefficient (Wildman–Crippen LogP) is 4.24. The van der Waals surface area contributed by atoms with Crippen molar-refractivity contribution in [2.45, 2.75) is 33.2 Å². The first-order valence-electron chi connectivity index (χ1n) is 8.57. The molecule has 0 aliphatic heterocycles. The Morgan fingerprint density at radius 2 is 2.08 bits per heavy atom. The van der Waals surface area contributed by atoms with Gasteiger partial charge in [-0.3, -0.25) is 4.68 Å². The number of esters is 1.